The number of anilines is 2. The molecule has 3 fully saturated rings. The summed E-state index contributed by atoms with van der Waals surface area (Å²) < 4.78 is 0. The van der Waals surface area contributed by atoms with Crippen molar-refractivity contribution in [2.75, 3.05) is 227 Å². The maximum atomic E-state index is 15.8. The third-order valence-electron chi connectivity index (χ3n) is 27.5. The Morgan fingerprint density at radius 2 is 0.715 bits per heavy atom. The quantitative estimate of drug-likeness (QED) is 0.0199. The standard InChI is InChI=1S/C89H151N23O32/c1-57(51-139-133)101-22-24-103(59(3)53-141-135)28-40-110(41-36-105(30-26-101)61(5)82(121)122)69(55-143-137)48-92-73(113)16-19-89(100-80(119)71(14-15-76(116)117)97-79(118)66-10-12-67(13-11-66)91-46-68-47-95-78-77(96-68)81(120)99-88(90)98-78,20-17-74(114)93-49-70(56-144-138)111-42-37-108(64(8)85(127)128)34-32-107(63(7)84(125)126)33-35-109(38-43-111)65(9)86(129)130)21-18-75(115)94-50-72(87(131)132)112-44-29-104(60(4)54-142-136)25-23-102(58(2)52-140-134)27-31-106(39-45-112)62(6)83(123)124/h10-13,47,57-65,69-72,91,133-138H,14-46,48-56H2,1-9H3,(H,92,113)(H,93,114)(H,94,115)(H,97,118)(H,100,119)(H,116,117)(H,121,122)(H,123,124)(H,125,126)(H,127,128)(H,129,130)(H,131,132)(H3,90,95,98,99,120). The van der Waals surface area contributed by atoms with E-state index in [1.807, 2.05) is 38.3 Å². The number of aliphatic carboxylic acids is 7. The molecule has 5 heterocycles. The maximum Gasteiger partial charge on any atom is 0.322 e. The molecular weight excluding hydrogens is 1900 g/mol. The van der Waals surface area contributed by atoms with Crippen LogP contribution in [-0.2, 0) is 88.6 Å². The van der Waals surface area contributed by atoms with E-state index in [0.29, 0.717) is 37.6 Å². The third-order valence-corrected chi connectivity index (χ3v) is 27.5. The molecular formula is C89H151N23O32. The third kappa shape index (κ3) is 40.9. The molecule has 3 aliphatic heterocycles. The fourth-order valence-electron chi connectivity index (χ4n) is 17.6. The van der Waals surface area contributed by atoms with Gasteiger partial charge in [-0.1, -0.05) is 0 Å². The lowest BCUT2D eigenvalue weighted by Crippen LogP contribution is -2.57. The number of nitrogen functional groups attached to an aromatic ring is 1. The van der Waals surface area contributed by atoms with Gasteiger partial charge in [0.1, 0.15) is 42.3 Å². The van der Waals surface area contributed by atoms with Crippen molar-refractivity contribution in [2.45, 2.75) is 204 Å². The Hall–Kier alpha value is -10.3. The molecule has 0 aliphatic carbocycles. The second kappa shape index (κ2) is 63.3. The van der Waals surface area contributed by atoms with Crippen LogP contribution in [0.2, 0.25) is 0 Å². The monoisotopic (exact) mass is 2050 g/mol. The second-order valence-corrected chi connectivity index (χ2v) is 36.9. The molecule has 55 nitrogen and oxygen atoms in total. The van der Waals surface area contributed by atoms with E-state index in [1.54, 1.807) is 43.2 Å². The number of carboxylic acid groups (broad SMARTS) is 7. The Bertz CT molecular complexity index is 4530. The van der Waals surface area contributed by atoms with E-state index in [1.165, 1.54) is 70.0 Å². The van der Waals surface area contributed by atoms with E-state index < -0.39 is 227 Å². The molecule has 3 aliphatic rings. The van der Waals surface area contributed by atoms with Gasteiger partial charge in [-0.25, -0.2) is 39.3 Å². The minimum atomic E-state index is -2.04. The normalized spacial score (nSPS) is 19.9. The Morgan fingerprint density at radius 3 is 1.03 bits per heavy atom. The van der Waals surface area contributed by atoms with Crippen LogP contribution in [0.3, 0.4) is 0 Å². The largest absolute Gasteiger partial charge is 0.481 e. The first-order valence-corrected chi connectivity index (χ1v) is 48.3. The number of benzene rings is 1. The number of amides is 5. The fourth-order valence-corrected chi connectivity index (χ4v) is 17.6. The van der Waals surface area contributed by atoms with Crippen LogP contribution in [0.5, 0.6) is 0 Å². The molecule has 0 saturated carbocycles. The van der Waals surface area contributed by atoms with Crippen molar-refractivity contribution in [3.05, 3.63) is 52.1 Å². The molecule has 2 aromatic heterocycles. The van der Waals surface area contributed by atoms with Crippen LogP contribution >= 0.6 is 0 Å². The number of carboxylic acids is 7. The van der Waals surface area contributed by atoms with Gasteiger partial charge in [-0.3, -0.25) is 158 Å². The van der Waals surface area contributed by atoms with Gasteiger partial charge in [-0.2, -0.15) is 4.98 Å². The number of H-pyrrole nitrogens is 1. The van der Waals surface area contributed by atoms with Crippen molar-refractivity contribution in [2.24, 2.45) is 0 Å². The van der Waals surface area contributed by atoms with Crippen LogP contribution in [0.4, 0.5) is 11.6 Å². The first kappa shape index (κ1) is 122. The van der Waals surface area contributed by atoms with Gasteiger partial charge in [0, 0.05) is 243 Å². The summed E-state index contributed by atoms with van der Waals surface area (Å²) in [5.74, 6) is -13.5. The molecule has 14 atom stereocenters. The lowest BCUT2D eigenvalue weighted by Gasteiger charge is -2.40. The maximum absolute atomic E-state index is 15.8. The number of nitrogens with two attached hydrogens (primary N) is 1. The van der Waals surface area contributed by atoms with Gasteiger partial charge in [0.25, 0.3) is 11.5 Å². The predicted molar refractivity (Wildman–Crippen MR) is 515 cm³/mol. The smallest absolute Gasteiger partial charge is 0.322 e. The number of hydrogen-bond donors (Lipinski definition) is 21. The zero-order valence-corrected chi connectivity index (χ0v) is 83.4. The zero-order valence-electron chi connectivity index (χ0n) is 83.4. The highest BCUT2D eigenvalue weighted by Gasteiger charge is 2.41. The van der Waals surface area contributed by atoms with Gasteiger partial charge < -0.3 is 73.4 Å². The van der Waals surface area contributed by atoms with Crippen LogP contribution in [0, 0.1) is 0 Å². The number of aromatic nitrogens is 4. The van der Waals surface area contributed by atoms with E-state index >= 15 is 19.2 Å². The lowest BCUT2D eigenvalue weighted by atomic mass is 9.82. The summed E-state index contributed by atoms with van der Waals surface area (Å²) >= 11 is 0. The average molecular weight is 2060 g/mol. The van der Waals surface area contributed by atoms with E-state index in [4.69, 9.17) is 15.5 Å². The molecule has 0 radical (unpaired) electrons. The summed E-state index contributed by atoms with van der Waals surface area (Å²) in [6.07, 6.45) is -3.61. The highest BCUT2D eigenvalue weighted by Crippen LogP contribution is 2.29. The molecule has 3 saturated heterocycles. The number of carbonyl (C=O) groups is 12. The summed E-state index contributed by atoms with van der Waals surface area (Å²) in [5, 5.41) is 150. The number of hydrogen-bond acceptors (Lipinski definition) is 42. The summed E-state index contributed by atoms with van der Waals surface area (Å²) in [4.78, 5) is 243. The SMILES string of the molecule is CC(COO)N1CCN(C(C)COO)CCN(C(C)C(=O)O)CCN(C(CNC(=O)CCC(CCC(=O)NCC(COO)N2CCN(C(C)C(=O)O)CCN(C(C)C(=O)O)CCN(C(C)C(=O)O)CC2)(CCC(=O)NCC(C(=O)O)N2CCN(C(C)COO)CCN(C(C)COO)CCN(C(C)C(=O)O)CC2)NC(=O)C(CCC(=O)O)NC(=O)c2ccc(NCc3cnc4nc(N)[nH]c(=O)c4n3)cc2)COO)CC1. The molecule has 814 valence electrons. The number of nitrogens with one attached hydrogen (secondary N) is 7. The minimum Gasteiger partial charge on any atom is -0.481 e. The number of carbonyl (C=O) groups excluding carboxylic acids is 5. The Balaban J connectivity index is 1.48. The van der Waals surface area contributed by atoms with Crippen molar-refractivity contribution >= 4 is 94.1 Å². The number of nitrogens with zero attached hydrogens (tertiary/aromatic N) is 15. The number of rotatable bonds is 55. The van der Waals surface area contributed by atoms with E-state index in [0.717, 1.165) is 0 Å². The van der Waals surface area contributed by atoms with Gasteiger partial charge in [0.05, 0.1) is 70.2 Å². The summed E-state index contributed by atoms with van der Waals surface area (Å²) in [6, 6.07) is -6.82. The Morgan fingerprint density at radius 1 is 0.403 bits per heavy atom. The van der Waals surface area contributed by atoms with Crippen LogP contribution in [0.25, 0.3) is 11.2 Å². The predicted octanol–water partition coefficient (Wildman–Crippen LogP) is -2.87. The van der Waals surface area contributed by atoms with Crippen molar-refractivity contribution in [1.29, 1.82) is 0 Å². The second-order valence-electron chi connectivity index (χ2n) is 36.9. The van der Waals surface area contributed by atoms with Crippen LogP contribution in [-0.4, -0.2) is 518 Å². The molecule has 0 bridgehead atoms. The molecule has 5 amide bonds. The van der Waals surface area contributed by atoms with E-state index in [9.17, 15) is 110 Å². The number of fused-ring (bicyclic) bond motifs is 1. The molecule has 0 spiro atoms. The van der Waals surface area contributed by atoms with Gasteiger partial charge in [-0.15, -0.1) is 0 Å². The Labute approximate surface area is 834 Å². The summed E-state index contributed by atoms with van der Waals surface area (Å²) in [6.45, 7) is 14.1. The molecule has 14 unspecified atom stereocenters. The topological polar surface area (TPSA) is 732 Å². The number of aromatic amines is 1. The minimum absolute atomic E-state index is 0.00238. The van der Waals surface area contributed by atoms with Gasteiger partial charge >= 0.3 is 41.8 Å². The fraction of sp³-hybridized carbons (Fsp3) is 0.730. The average Bonchev–Trinajstić information content (AvgIpc) is 0.785. The first-order chi connectivity index (χ1) is 68.5. The molecule has 3 aromatic rings. The molecule has 144 heavy (non-hydrogen) atoms. The van der Waals surface area contributed by atoms with Crippen molar-refractivity contribution < 1.29 is 154 Å². The van der Waals surface area contributed by atoms with E-state index in [-0.39, 0.29) is 205 Å². The highest BCUT2D eigenvalue weighted by atomic mass is 17.1. The van der Waals surface area contributed by atoms with Gasteiger partial charge in [0.15, 0.2) is 11.2 Å². The highest BCUT2D eigenvalue weighted by molar-refractivity contribution is 5.98. The van der Waals surface area contributed by atoms with Crippen LogP contribution < -0.4 is 43.2 Å². The van der Waals surface area contributed by atoms with Crippen LogP contribution in [0.1, 0.15) is 130 Å². The summed E-state index contributed by atoms with van der Waals surface area (Å²) in [7, 11) is 0. The summed E-state index contributed by atoms with van der Waals surface area (Å²) in [5.41, 5.74) is 3.55. The van der Waals surface area contributed by atoms with Crippen molar-refractivity contribution in [3.8, 4) is 0 Å². The zero-order chi connectivity index (χ0) is 106. The Kier molecular flexibility index (Phi) is 53.8. The molecule has 1 aromatic carbocycles. The van der Waals surface area contributed by atoms with Gasteiger partial charge in [0.2, 0.25) is 29.6 Å². The van der Waals surface area contributed by atoms with Crippen molar-refractivity contribution in [1.82, 2.24) is 105 Å². The van der Waals surface area contributed by atoms with Crippen molar-refractivity contribution in [3.63, 3.8) is 0 Å². The molecule has 55 heteroatoms. The van der Waals surface area contributed by atoms with Gasteiger partial charge in [-0.05, 0) is 112 Å². The molecule has 22 N–H and O–H groups in total. The lowest BCUT2D eigenvalue weighted by molar-refractivity contribution is -0.253. The van der Waals surface area contributed by atoms with Crippen LogP contribution in [0.15, 0.2) is 35.3 Å². The molecule has 6 rings (SSSR count). The first-order valence-electron chi connectivity index (χ1n) is 48.3. The van der Waals surface area contributed by atoms with E-state index in [2.05, 4.69) is 71.4 Å².